The minimum atomic E-state index is -0.203. The summed E-state index contributed by atoms with van der Waals surface area (Å²) in [7, 11) is 1.67. The van der Waals surface area contributed by atoms with Crippen LogP contribution in [0.15, 0.2) is 29.6 Å². The van der Waals surface area contributed by atoms with Crippen molar-refractivity contribution in [2.45, 2.75) is 33.6 Å². The topological polar surface area (TPSA) is 69.7 Å². The molecule has 6 nitrogen and oxygen atoms in total. The van der Waals surface area contributed by atoms with Crippen LogP contribution in [0.5, 0.6) is 0 Å². The predicted molar refractivity (Wildman–Crippen MR) is 120 cm³/mol. The number of likely N-dealkylation sites (tertiary alicyclic amines) is 1. The van der Waals surface area contributed by atoms with Crippen LogP contribution in [0, 0.1) is 26.7 Å². The number of hydrogen-bond donors (Lipinski definition) is 1. The van der Waals surface area contributed by atoms with Crippen LogP contribution in [0.25, 0.3) is 0 Å². The van der Waals surface area contributed by atoms with Crippen LogP contribution >= 0.6 is 11.3 Å². The second kappa shape index (κ2) is 9.43. The molecule has 3 rings (SSSR count). The van der Waals surface area contributed by atoms with Crippen LogP contribution < -0.4 is 5.32 Å². The Morgan fingerprint density at radius 3 is 2.33 bits per heavy atom. The zero-order valence-electron chi connectivity index (χ0n) is 18.0. The second-order valence-electron chi connectivity index (χ2n) is 8.06. The van der Waals surface area contributed by atoms with Gasteiger partial charge in [-0.05, 0) is 56.2 Å². The number of piperidine rings is 1. The Morgan fingerprint density at radius 2 is 1.77 bits per heavy atom. The van der Waals surface area contributed by atoms with Crippen molar-refractivity contribution in [2.24, 2.45) is 5.92 Å². The maximum absolute atomic E-state index is 12.8. The van der Waals surface area contributed by atoms with Gasteiger partial charge in [-0.15, -0.1) is 11.3 Å². The van der Waals surface area contributed by atoms with Gasteiger partial charge in [-0.1, -0.05) is 23.8 Å². The van der Waals surface area contributed by atoms with Gasteiger partial charge < -0.3 is 15.1 Å². The lowest BCUT2D eigenvalue weighted by atomic mass is 9.95. The number of thiophene rings is 1. The second-order valence-corrected chi connectivity index (χ2v) is 9.01. The van der Waals surface area contributed by atoms with Gasteiger partial charge >= 0.3 is 0 Å². The molecule has 0 radical (unpaired) electrons. The molecule has 1 aliphatic rings. The molecule has 7 heteroatoms. The van der Waals surface area contributed by atoms with E-state index in [0.717, 1.165) is 27.3 Å². The number of hydrogen-bond acceptors (Lipinski definition) is 4. The summed E-state index contributed by atoms with van der Waals surface area (Å²) in [5.74, 6) is -0.359. The van der Waals surface area contributed by atoms with Crippen LogP contribution in [-0.2, 0) is 9.59 Å². The Kier molecular flexibility index (Phi) is 6.92. The van der Waals surface area contributed by atoms with Crippen LogP contribution in [0.2, 0.25) is 0 Å². The minimum absolute atomic E-state index is 0.0138. The number of aryl methyl sites for hydroxylation is 3. The maximum Gasteiger partial charge on any atom is 0.263 e. The summed E-state index contributed by atoms with van der Waals surface area (Å²) in [6.07, 6.45) is 1.25. The van der Waals surface area contributed by atoms with Crippen LogP contribution in [0.1, 0.15) is 39.2 Å². The van der Waals surface area contributed by atoms with E-state index in [9.17, 15) is 14.4 Å². The van der Waals surface area contributed by atoms with E-state index >= 15 is 0 Å². The Hall–Kier alpha value is -2.67. The first kappa shape index (κ1) is 22.0. The number of nitrogens with one attached hydrogen (secondary N) is 1. The van der Waals surface area contributed by atoms with Crippen molar-refractivity contribution in [3.05, 3.63) is 51.2 Å². The summed E-state index contributed by atoms with van der Waals surface area (Å²) in [6, 6.07) is 7.76. The van der Waals surface area contributed by atoms with E-state index in [1.165, 1.54) is 16.2 Å². The lowest BCUT2D eigenvalue weighted by molar-refractivity contribution is -0.138. The molecule has 0 spiro atoms. The monoisotopic (exact) mass is 427 g/mol. The van der Waals surface area contributed by atoms with Crippen LogP contribution in [0.3, 0.4) is 0 Å². The first-order chi connectivity index (χ1) is 14.3. The molecule has 30 heavy (non-hydrogen) atoms. The van der Waals surface area contributed by atoms with Crippen molar-refractivity contribution in [3.63, 3.8) is 0 Å². The lowest BCUT2D eigenvalue weighted by Gasteiger charge is -2.33. The molecule has 160 valence electrons. The Morgan fingerprint density at radius 1 is 1.13 bits per heavy atom. The third-order valence-corrected chi connectivity index (χ3v) is 6.42. The fourth-order valence-corrected chi connectivity index (χ4v) is 4.74. The maximum atomic E-state index is 12.8. The summed E-state index contributed by atoms with van der Waals surface area (Å²) in [6.45, 7) is 7.10. The summed E-state index contributed by atoms with van der Waals surface area (Å²) in [4.78, 5) is 41.8. The van der Waals surface area contributed by atoms with E-state index in [4.69, 9.17) is 0 Å². The van der Waals surface area contributed by atoms with E-state index in [2.05, 4.69) is 5.32 Å². The fraction of sp³-hybridized carbons (Fsp3) is 0.435. The molecular formula is C23H29N3O3S. The van der Waals surface area contributed by atoms with E-state index < -0.39 is 0 Å². The highest BCUT2D eigenvalue weighted by Crippen LogP contribution is 2.23. The van der Waals surface area contributed by atoms with Gasteiger partial charge in [0.2, 0.25) is 11.8 Å². The van der Waals surface area contributed by atoms with Crippen LogP contribution in [0.4, 0.5) is 5.69 Å². The molecular weight excluding hydrogens is 398 g/mol. The highest BCUT2D eigenvalue weighted by atomic mass is 32.1. The number of likely N-dealkylation sites (N-methyl/N-ethyl adjacent to an activating group) is 1. The van der Waals surface area contributed by atoms with Crippen molar-refractivity contribution >= 4 is 34.7 Å². The fourth-order valence-electron chi connectivity index (χ4n) is 4.05. The average molecular weight is 428 g/mol. The molecule has 2 aromatic rings. The molecule has 1 fully saturated rings. The van der Waals surface area contributed by atoms with Gasteiger partial charge in [0.25, 0.3) is 5.91 Å². The molecule has 3 amide bonds. The van der Waals surface area contributed by atoms with Gasteiger partial charge in [0.15, 0.2) is 0 Å². The SMILES string of the molecule is Cc1cc(C)c(NC(=O)CN(C)C(=O)C2CCN(C(=O)c3cccs3)CC2)c(C)c1. The predicted octanol–water partition coefficient (Wildman–Crippen LogP) is 3.62. The highest BCUT2D eigenvalue weighted by Gasteiger charge is 2.30. The van der Waals surface area contributed by atoms with Crippen molar-refractivity contribution < 1.29 is 14.4 Å². The van der Waals surface area contributed by atoms with Crippen molar-refractivity contribution in [1.82, 2.24) is 9.80 Å². The number of carbonyl (C=O) groups is 3. The van der Waals surface area contributed by atoms with Crippen LogP contribution in [-0.4, -0.2) is 54.2 Å². The Balaban J connectivity index is 1.51. The molecule has 0 saturated carbocycles. The Bertz CT molecular complexity index is 908. The third kappa shape index (κ3) is 5.08. The molecule has 0 aliphatic carbocycles. The van der Waals surface area contributed by atoms with Crippen molar-refractivity contribution in [3.8, 4) is 0 Å². The van der Waals surface area contributed by atoms with Gasteiger partial charge in [-0.2, -0.15) is 0 Å². The summed E-state index contributed by atoms with van der Waals surface area (Å²) >= 11 is 1.44. The zero-order chi connectivity index (χ0) is 21.8. The third-order valence-electron chi connectivity index (χ3n) is 5.56. The zero-order valence-corrected chi connectivity index (χ0v) is 18.8. The molecule has 2 heterocycles. The van der Waals surface area contributed by atoms with E-state index in [0.29, 0.717) is 25.9 Å². The minimum Gasteiger partial charge on any atom is -0.338 e. The molecule has 1 N–H and O–H groups in total. The molecule has 1 aromatic carbocycles. The summed E-state index contributed by atoms with van der Waals surface area (Å²) in [5.41, 5.74) is 3.99. The highest BCUT2D eigenvalue weighted by molar-refractivity contribution is 7.12. The number of anilines is 1. The molecule has 1 aromatic heterocycles. The number of amides is 3. The van der Waals surface area contributed by atoms with Crippen molar-refractivity contribution in [2.75, 3.05) is 32.0 Å². The lowest BCUT2D eigenvalue weighted by Crippen LogP contribution is -2.45. The molecule has 0 bridgehead atoms. The number of carbonyl (C=O) groups excluding carboxylic acids is 3. The molecule has 1 saturated heterocycles. The van der Waals surface area contributed by atoms with E-state index in [1.807, 2.05) is 55.3 Å². The van der Waals surface area contributed by atoms with Gasteiger partial charge in [-0.3, -0.25) is 14.4 Å². The molecule has 0 atom stereocenters. The smallest absolute Gasteiger partial charge is 0.263 e. The first-order valence-electron chi connectivity index (χ1n) is 10.2. The van der Waals surface area contributed by atoms with E-state index in [1.54, 1.807) is 7.05 Å². The molecule has 0 unspecified atom stereocenters. The Labute approximate surface area is 181 Å². The normalized spacial score (nSPS) is 14.5. The quantitative estimate of drug-likeness (QED) is 0.792. The average Bonchev–Trinajstić information content (AvgIpc) is 3.24. The standard InChI is InChI=1S/C23H29N3O3S/c1-15-12-16(2)21(17(3)13-15)24-20(27)14-25(4)22(28)18-7-9-26(10-8-18)23(29)19-6-5-11-30-19/h5-6,11-13,18H,7-10,14H2,1-4H3,(H,24,27). The summed E-state index contributed by atoms with van der Waals surface area (Å²) in [5, 5.41) is 4.84. The van der Waals surface area contributed by atoms with Gasteiger partial charge in [-0.25, -0.2) is 0 Å². The van der Waals surface area contributed by atoms with Crippen molar-refractivity contribution in [1.29, 1.82) is 0 Å². The number of benzene rings is 1. The van der Waals surface area contributed by atoms with E-state index in [-0.39, 0.29) is 30.2 Å². The largest absolute Gasteiger partial charge is 0.338 e. The number of rotatable bonds is 5. The van der Waals surface area contributed by atoms with Gasteiger partial charge in [0, 0.05) is 31.7 Å². The van der Waals surface area contributed by atoms with Gasteiger partial charge in [0.05, 0.1) is 11.4 Å². The van der Waals surface area contributed by atoms with Gasteiger partial charge in [0.1, 0.15) is 0 Å². The number of nitrogens with zero attached hydrogens (tertiary/aromatic N) is 2. The first-order valence-corrected chi connectivity index (χ1v) is 11.1. The molecule has 1 aliphatic heterocycles. The summed E-state index contributed by atoms with van der Waals surface area (Å²) < 4.78 is 0.